The van der Waals surface area contributed by atoms with E-state index in [4.69, 9.17) is 15.6 Å². The molecule has 2 rings (SSSR count). The van der Waals surface area contributed by atoms with Gasteiger partial charge in [-0.05, 0) is 17.7 Å². The lowest BCUT2D eigenvalue weighted by Crippen LogP contribution is -2.09. The van der Waals surface area contributed by atoms with Crippen molar-refractivity contribution < 1.29 is 14.6 Å². The predicted molar refractivity (Wildman–Crippen MR) is 78.8 cm³/mol. The first-order chi connectivity index (χ1) is 9.99. The Labute approximate surface area is 124 Å². The molecule has 21 heavy (non-hydrogen) atoms. The van der Waals surface area contributed by atoms with Crippen molar-refractivity contribution in [1.29, 1.82) is 0 Å². The van der Waals surface area contributed by atoms with Crippen LogP contribution in [0.1, 0.15) is 15.9 Å². The Kier molecular flexibility index (Phi) is 4.49. The van der Waals surface area contributed by atoms with E-state index in [0.29, 0.717) is 16.7 Å². The molecule has 0 radical (unpaired) electrons. The minimum absolute atomic E-state index is 0.0876. The number of nitrogens with one attached hydrogen (secondary N) is 1. The third kappa shape index (κ3) is 3.76. The first-order valence-corrected chi connectivity index (χ1v) is 6.88. The second-order valence-corrected chi connectivity index (χ2v) is 5.07. The van der Waals surface area contributed by atoms with Crippen molar-refractivity contribution in [3.05, 3.63) is 45.7 Å². The van der Waals surface area contributed by atoms with Crippen LogP contribution in [0.4, 0.5) is 5.82 Å². The fourth-order valence-corrected chi connectivity index (χ4v) is 2.51. The number of aromatic nitrogens is 2. The van der Waals surface area contributed by atoms with Crippen LogP contribution < -0.4 is 16.0 Å². The summed E-state index contributed by atoms with van der Waals surface area (Å²) in [5.74, 6) is -0.181. The van der Waals surface area contributed by atoms with Gasteiger partial charge in [0.05, 0.1) is 7.11 Å². The van der Waals surface area contributed by atoms with Crippen molar-refractivity contribution in [3.63, 3.8) is 0 Å². The van der Waals surface area contributed by atoms with E-state index in [-0.39, 0.29) is 16.9 Å². The summed E-state index contributed by atoms with van der Waals surface area (Å²) >= 11 is 1.26. The Morgan fingerprint density at radius 3 is 2.86 bits per heavy atom. The molecule has 8 heteroatoms. The predicted octanol–water partition coefficient (Wildman–Crippen LogP) is 1.35. The first kappa shape index (κ1) is 14.9. The number of thioether (sulfide) groups is 1. The highest BCUT2D eigenvalue weighted by Crippen LogP contribution is 2.24. The molecule has 0 saturated carbocycles. The summed E-state index contributed by atoms with van der Waals surface area (Å²) in [4.78, 5) is 28.9. The molecular formula is C13H13N3O4S. The number of carboxylic acids is 1. The number of hydrogen-bond donors (Lipinski definition) is 3. The van der Waals surface area contributed by atoms with Crippen LogP contribution in [-0.2, 0) is 5.75 Å². The lowest BCUT2D eigenvalue weighted by Gasteiger charge is -2.07. The lowest BCUT2D eigenvalue weighted by molar-refractivity contribution is 0.0693. The molecule has 0 atom stereocenters. The monoisotopic (exact) mass is 307 g/mol. The number of benzene rings is 1. The zero-order valence-corrected chi connectivity index (χ0v) is 11.9. The summed E-state index contributed by atoms with van der Waals surface area (Å²) in [5.41, 5.74) is 6.02. The zero-order valence-electron chi connectivity index (χ0n) is 11.1. The highest BCUT2D eigenvalue weighted by molar-refractivity contribution is 7.98. The van der Waals surface area contributed by atoms with E-state index in [1.807, 2.05) is 0 Å². The van der Waals surface area contributed by atoms with E-state index in [0.717, 1.165) is 5.56 Å². The van der Waals surface area contributed by atoms with Crippen LogP contribution in [0.2, 0.25) is 0 Å². The average molecular weight is 307 g/mol. The van der Waals surface area contributed by atoms with Crippen molar-refractivity contribution in [2.75, 3.05) is 12.8 Å². The van der Waals surface area contributed by atoms with E-state index < -0.39 is 5.97 Å². The fourth-order valence-electron chi connectivity index (χ4n) is 1.69. The molecular weight excluding hydrogens is 294 g/mol. The number of methoxy groups -OCH3 is 1. The number of carboxylic acid groups (broad SMARTS) is 1. The molecule has 0 unspecified atom stereocenters. The maximum atomic E-state index is 11.3. The molecule has 7 nitrogen and oxygen atoms in total. The standard InChI is InChI=1S/C13H13N3O4S/c1-20-9-3-2-7(4-8(9)12(18)19)6-21-13-15-10(14)5-11(17)16-13/h2-5H,6H2,1H3,(H,18,19)(H3,14,15,16,17). The van der Waals surface area contributed by atoms with Gasteiger partial charge in [0.1, 0.15) is 17.1 Å². The van der Waals surface area contributed by atoms with E-state index in [9.17, 15) is 9.59 Å². The van der Waals surface area contributed by atoms with Crippen LogP contribution in [0.15, 0.2) is 34.2 Å². The number of hydrogen-bond acceptors (Lipinski definition) is 6. The van der Waals surface area contributed by atoms with Gasteiger partial charge >= 0.3 is 5.97 Å². The van der Waals surface area contributed by atoms with Gasteiger partial charge in [-0.2, -0.15) is 0 Å². The maximum Gasteiger partial charge on any atom is 0.339 e. The van der Waals surface area contributed by atoms with Crippen LogP contribution in [0.25, 0.3) is 0 Å². The number of aromatic amines is 1. The average Bonchev–Trinajstić information content (AvgIpc) is 2.43. The summed E-state index contributed by atoms with van der Waals surface area (Å²) in [7, 11) is 1.41. The lowest BCUT2D eigenvalue weighted by atomic mass is 10.1. The van der Waals surface area contributed by atoms with E-state index in [2.05, 4.69) is 9.97 Å². The van der Waals surface area contributed by atoms with Crippen molar-refractivity contribution in [1.82, 2.24) is 9.97 Å². The molecule has 0 amide bonds. The Balaban J connectivity index is 2.18. The number of nitrogens with zero attached hydrogens (tertiary/aromatic N) is 1. The molecule has 0 saturated heterocycles. The molecule has 4 N–H and O–H groups in total. The van der Waals surface area contributed by atoms with Gasteiger partial charge in [0, 0.05) is 11.8 Å². The number of carbonyl (C=O) groups is 1. The van der Waals surface area contributed by atoms with Gasteiger partial charge in [0.25, 0.3) is 5.56 Å². The molecule has 0 fully saturated rings. The molecule has 0 aliphatic rings. The van der Waals surface area contributed by atoms with Gasteiger partial charge in [0.2, 0.25) is 0 Å². The molecule has 0 spiro atoms. The molecule has 1 aromatic heterocycles. The van der Waals surface area contributed by atoms with Gasteiger partial charge in [-0.1, -0.05) is 17.8 Å². The zero-order chi connectivity index (χ0) is 15.4. The molecule has 110 valence electrons. The molecule has 1 aromatic carbocycles. The smallest absolute Gasteiger partial charge is 0.339 e. The first-order valence-electron chi connectivity index (χ1n) is 5.89. The Morgan fingerprint density at radius 1 is 1.48 bits per heavy atom. The fraction of sp³-hybridized carbons (Fsp3) is 0.154. The maximum absolute atomic E-state index is 11.3. The summed E-state index contributed by atoms with van der Waals surface area (Å²) in [6.45, 7) is 0. The van der Waals surface area contributed by atoms with Gasteiger partial charge in [-0.15, -0.1) is 0 Å². The second-order valence-electron chi connectivity index (χ2n) is 4.10. The summed E-state index contributed by atoms with van der Waals surface area (Å²) in [5, 5.41) is 9.50. The van der Waals surface area contributed by atoms with Crippen LogP contribution in [0.5, 0.6) is 5.75 Å². The highest BCUT2D eigenvalue weighted by atomic mass is 32.2. The van der Waals surface area contributed by atoms with Crippen LogP contribution in [0, 0.1) is 0 Å². The molecule has 2 aromatic rings. The van der Waals surface area contributed by atoms with Crippen LogP contribution in [0.3, 0.4) is 0 Å². The quantitative estimate of drug-likeness (QED) is 0.563. The summed E-state index contributed by atoms with van der Waals surface area (Å²) in [6, 6.07) is 6.07. The molecule has 1 heterocycles. The van der Waals surface area contributed by atoms with Gasteiger partial charge < -0.3 is 20.6 Å². The molecule has 0 aliphatic heterocycles. The van der Waals surface area contributed by atoms with Crippen molar-refractivity contribution in [2.45, 2.75) is 10.9 Å². The number of rotatable bonds is 5. The van der Waals surface area contributed by atoms with E-state index in [1.54, 1.807) is 12.1 Å². The third-order valence-corrected chi connectivity index (χ3v) is 3.55. The van der Waals surface area contributed by atoms with Crippen LogP contribution in [-0.4, -0.2) is 28.2 Å². The largest absolute Gasteiger partial charge is 0.496 e. The molecule has 0 aliphatic carbocycles. The Hall–Kier alpha value is -2.48. The number of nitrogen functional groups attached to an aromatic ring is 1. The van der Waals surface area contributed by atoms with E-state index in [1.165, 1.54) is 31.0 Å². The molecule has 0 bridgehead atoms. The summed E-state index contributed by atoms with van der Waals surface area (Å²) in [6.07, 6.45) is 0. The minimum Gasteiger partial charge on any atom is -0.496 e. The van der Waals surface area contributed by atoms with Gasteiger partial charge in [-0.25, -0.2) is 9.78 Å². The van der Waals surface area contributed by atoms with Crippen molar-refractivity contribution >= 4 is 23.5 Å². The number of H-pyrrole nitrogens is 1. The SMILES string of the molecule is COc1ccc(CSc2nc(N)cc(=O)[nH]2)cc1C(=O)O. The number of aromatic carboxylic acids is 1. The van der Waals surface area contributed by atoms with E-state index >= 15 is 0 Å². The highest BCUT2D eigenvalue weighted by Gasteiger charge is 2.12. The van der Waals surface area contributed by atoms with Crippen molar-refractivity contribution in [3.8, 4) is 5.75 Å². The van der Waals surface area contributed by atoms with Gasteiger partial charge in [0.15, 0.2) is 5.16 Å². The minimum atomic E-state index is -1.06. The second kappa shape index (κ2) is 6.31. The van der Waals surface area contributed by atoms with Crippen molar-refractivity contribution in [2.24, 2.45) is 0 Å². The topological polar surface area (TPSA) is 118 Å². The number of ether oxygens (including phenoxy) is 1. The Morgan fingerprint density at radius 2 is 2.24 bits per heavy atom. The number of anilines is 1. The summed E-state index contributed by atoms with van der Waals surface area (Å²) < 4.78 is 4.99. The van der Waals surface area contributed by atoms with Gasteiger partial charge in [-0.3, -0.25) is 4.79 Å². The Bertz CT molecular complexity index is 730. The number of nitrogens with two attached hydrogens (primary N) is 1. The third-order valence-electron chi connectivity index (χ3n) is 2.61. The van der Waals surface area contributed by atoms with Crippen LogP contribution >= 0.6 is 11.8 Å². The normalized spacial score (nSPS) is 10.3.